The highest BCUT2D eigenvalue weighted by Crippen LogP contribution is 2.18. The molecule has 1 aromatic heterocycles. The largest absolute Gasteiger partial charge is 0.341 e. The van der Waals surface area contributed by atoms with E-state index >= 15 is 0 Å². The Kier molecular flexibility index (Phi) is 4.79. The Morgan fingerprint density at radius 2 is 1.76 bits per heavy atom. The van der Waals surface area contributed by atoms with Crippen LogP contribution >= 0.6 is 0 Å². The van der Waals surface area contributed by atoms with Gasteiger partial charge in [0.15, 0.2) is 0 Å². The van der Waals surface area contributed by atoms with Crippen LogP contribution in [0.25, 0.3) is 5.69 Å². The van der Waals surface area contributed by atoms with Crippen molar-refractivity contribution in [2.75, 3.05) is 5.32 Å². The first kappa shape index (κ1) is 16.3. The van der Waals surface area contributed by atoms with Crippen molar-refractivity contribution in [3.05, 3.63) is 66.5 Å². The number of aromatic nitrogens is 4. The number of hydrogen-bond acceptors (Lipinski definition) is 5. The number of amides is 2. The maximum absolute atomic E-state index is 12.4. The minimum absolute atomic E-state index is 0.308. The van der Waals surface area contributed by atoms with E-state index in [4.69, 9.17) is 0 Å². The van der Waals surface area contributed by atoms with Gasteiger partial charge in [0.25, 0.3) is 5.91 Å². The zero-order valence-corrected chi connectivity index (χ0v) is 13.5. The Morgan fingerprint density at radius 3 is 2.48 bits per heavy atom. The fourth-order valence-electron chi connectivity index (χ4n) is 2.23. The number of rotatable bonds is 5. The Balaban J connectivity index is 1.69. The number of hydrogen-bond donors (Lipinski definition) is 2. The van der Waals surface area contributed by atoms with Crippen LogP contribution in [0.2, 0.25) is 0 Å². The van der Waals surface area contributed by atoms with Crippen LogP contribution in [-0.4, -0.2) is 38.1 Å². The average molecular weight is 336 g/mol. The molecule has 2 amide bonds. The molecular formula is C17H16N6O2. The lowest BCUT2D eigenvalue weighted by atomic mass is 10.2. The van der Waals surface area contributed by atoms with E-state index in [1.54, 1.807) is 49.4 Å². The summed E-state index contributed by atoms with van der Waals surface area (Å²) in [5, 5.41) is 16.5. The summed E-state index contributed by atoms with van der Waals surface area (Å²) in [4.78, 5) is 24.6. The molecule has 0 aliphatic heterocycles. The molecule has 0 bridgehead atoms. The van der Waals surface area contributed by atoms with Crippen molar-refractivity contribution >= 4 is 17.5 Å². The molecule has 8 nitrogen and oxygen atoms in total. The van der Waals surface area contributed by atoms with Gasteiger partial charge in [-0.25, -0.2) is 0 Å². The SMILES string of the molecule is CC(NC(=O)c1ccccc1)C(=O)Nc1ccccc1-n1cnnn1. The first-order valence-electron chi connectivity index (χ1n) is 7.64. The van der Waals surface area contributed by atoms with Crippen LogP contribution in [-0.2, 0) is 4.79 Å². The highest BCUT2D eigenvalue weighted by molar-refractivity contribution is 6.01. The van der Waals surface area contributed by atoms with Gasteiger partial charge in [-0.2, -0.15) is 4.68 Å². The van der Waals surface area contributed by atoms with E-state index in [2.05, 4.69) is 26.2 Å². The molecule has 0 saturated heterocycles. The van der Waals surface area contributed by atoms with Gasteiger partial charge in [-0.05, 0) is 41.6 Å². The monoisotopic (exact) mass is 336 g/mol. The molecule has 1 atom stereocenters. The zero-order chi connectivity index (χ0) is 17.6. The molecule has 1 heterocycles. The van der Waals surface area contributed by atoms with Gasteiger partial charge in [-0.15, -0.1) is 5.10 Å². The molecular weight excluding hydrogens is 320 g/mol. The van der Waals surface area contributed by atoms with Gasteiger partial charge in [0.2, 0.25) is 5.91 Å². The number of carbonyl (C=O) groups excluding carboxylic acids is 2. The van der Waals surface area contributed by atoms with Crippen molar-refractivity contribution in [2.24, 2.45) is 0 Å². The molecule has 0 spiro atoms. The second kappa shape index (κ2) is 7.35. The van der Waals surface area contributed by atoms with E-state index in [0.717, 1.165) is 0 Å². The van der Waals surface area contributed by atoms with Crippen LogP contribution in [0.1, 0.15) is 17.3 Å². The number of carbonyl (C=O) groups is 2. The molecule has 0 aliphatic rings. The normalized spacial score (nSPS) is 11.6. The first-order valence-corrected chi connectivity index (χ1v) is 7.64. The average Bonchev–Trinajstić information content (AvgIpc) is 3.17. The van der Waals surface area contributed by atoms with E-state index in [9.17, 15) is 9.59 Å². The lowest BCUT2D eigenvalue weighted by Gasteiger charge is -2.16. The van der Waals surface area contributed by atoms with E-state index in [1.165, 1.54) is 11.0 Å². The summed E-state index contributed by atoms with van der Waals surface area (Å²) < 4.78 is 1.45. The van der Waals surface area contributed by atoms with Crippen molar-refractivity contribution in [1.29, 1.82) is 0 Å². The molecule has 0 saturated carbocycles. The second-order valence-electron chi connectivity index (χ2n) is 5.32. The van der Waals surface area contributed by atoms with Crippen molar-refractivity contribution in [1.82, 2.24) is 25.5 Å². The molecule has 126 valence electrons. The Labute approximate surface area is 143 Å². The Bertz CT molecular complexity index is 864. The Hall–Kier alpha value is -3.55. The van der Waals surface area contributed by atoms with Gasteiger partial charge >= 0.3 is 0 Å². The van der Waals surface area contributed by atoms with Gasteiger partial charge < -0.3 is 10.6 Å². The van der Waals surface area contributed by atoms with Crippen LogP contribution in [0.4, 0.5) is 5.69 Å². The van der Waals surface area contributed by atoms with E-state index in [-0.39, 0.29) is 11.8 Å². The molecule has 0 radical (unpaired) electrons. The standard InChI is InChI=1S/C17H16N6O2/c1-12(19-17(25)13-7-3-2-4-8-13)16(24)20-14-9-5-6-10-15(14)23-11-18-21-22-23/h2-12H,1H3,(H,19,25)(H,20,24). The van der Waals surface area contributed by atoms with Crippen molar-refractivity contribution in [3.63, 3.8) is 0 Å². The third-order valence-corrected chi connectivity index (χ3v) is 3.53. The molecule has 2 N–H and O–H groups in total. The summed E-state index contributed by atoms with van der Waals surface area (Å²) in [6.07, 6.45) is 1.44. The predicted molar refractivity (Wildman–Crippen MR) is 91.2 cm³/mol. The summed E-state index contributed by atoms with van der Waals surface area (Å²) in [5.74, 6) is -0.651. The first-order chi connectivity index (χ1) is 12.1. The maximum atomic E-state index is 12.4. The summed E-state index contributed by atoms with van der Waals surface area (Å²) in [7, 11) is 0. The summed E-state index contributed by atoms with van der Waals surface area (Å²) in [6, 6.07) is 15.1. The summed E-state index contributed by atoms with van der Waals surface area (Å²) in [5.41, 5.74) is 1.67. The number of nitrogens with zero attached hydrogens (tertiary/aromatic N) is 4. The summed E-state index contributed by atoms with van der Waals surface area (Å²) >= 11 is 0. The van der Waals surface area contributed by atoms with Crippen molar-refractivity contribution in [3.8, 4) is 5.69 Å². The molecule has 0 fully saturated rings. The number of para-hydroxylation sites is 2. The highest BCUT2D eigenvalue weighted by Gasteiger charge is 2.18. The van der Waals surface area contributed by atoms with E-state index in [0.29, 0.717) is 16.9 Å². The minimum Gasteiger partial charge on any atom is -0.341 e. The third-order valence-electron chi connectivity index (χ3n) is 3.53. The van der Waals surface area contributed by atoms with Crippen LogP contribution in [0, 0.1) is 0 Å². The molecule has 25 heavy (non-hydrogen) atoms. The van der Waals surface area contributed by atoms with Crippen LogP contribution in [0.5, 0.6) is 0 Å². The number of nitrogens with one attached hydrogen (secondary N) is 2. The smallest absolute Gasteiger partial charge is 0.251 e. The lowest BCUT2D eigenvalue weighted by Crippen LogP contribution is -2.41. The second-order valence-corrected chi connectivity index (χ2v) is 5.32. The third kappa shape index (κ3) is 3.86. The highest BCUT2D eigenvalue weighted by atomic mass is 16.2. The topological polar surface area (TPSA) is 102 Å². The molecule has 3 rings (SSSR count). The molecule has 3 aromatic rings. The van der Waals surface area contributed by atoms with Crippen LogP contribution < -0.4 is 10.6 Å². The van der Waals surface area contributed by atoms with Gasteiger partial charge in [0, 0.05) is 5.56 Å². The molecule has 8 heteroatoms. The molecule has 0 aliphatic carbocycles. The minimum atomic E-state index is -0.713. The van der Waals surface area contributed by atoms with Crippen LogP contribution in [0.15, 0.2) is 60.9 Å². The number of tetrazole rings is 1. The van der Waals surface area contributed by atoms with Crippen LogP contribution in [0.3, 0.4) is 0 Å². The number of benzene rings is 2. The lowest BCUT2D eigenvalue weighted by molar-refractivity contribution is -0.117. The van der Waals surface area contributed by atoms with Gasteiger partial charge in [0.1, 0.15) is 12.4 Å². The van der Waals surface area contributed by atoms with Gasteiger partial charge in [0.05, 0.1) is 11.4 Å². The molecule has 1 unspecified atom stereocenters. The fraction of sp³-hybridized carbons (Fsp3) is 0.118. The molecule has 2 aromatic carbocycles. The van der Waals surface area contributed by atoms with Gasteiger partial charge in [-0.3, -0.25) is 9.59 Å². The number of anilines is 1. The quantitative estimate of drug-likeness (QED) is 0.734. The van der Waals surface area contributed by atoms with E-state index in [1.807, 2.05) is 12.1 Å². The van der Waals surface area contributed by atoms with E-state index < -0.39 is 6.04 Å². The zero-order valence-electron chi connectivity index (χ0n) is 13.5. The predicted octanol–water partition coefficient (Wildman–Crippen LogP) is 1.42. The van der Waals surface area contributed by atoms with Crippen molar-refractivity contribution < 1.29 is 9.59 Å². The fourth-order valence-corrected chi connectivity index (χ4v) is 2.23. The van der Waals surface area contributed by atoms with Crippen molar-refractivity contribution in [2.45, 2.75) is 13.0 Å². The maximum Gasteiger partial charge on any atom is 0.251 e. The Morgan fingerprint density at radius 1 is 1.04 bits per heavy atom. The van der Waals surface area contributed by atoms with Gasteiger partial charge in [-0.1, -0.05) is 30.3 Å². The summed E-state index contributed by atoms with van der Waals surface area (Å²) in [6.45, 7) is 1.62.